The van der Waals surface area contributed by atoms with E-state index in [0.717, 1.165) is 36.0 Å². The van der Waals surface area contributed by atoms with Gasteiger partial charge in [-0.05, 0) is 61.4 Å². The number of nitrogens with one attached hydrogen (secondary N) is 1. The lowest BCUT2D eigenvalue weighted by Gasteiger charge is -2.22. The molecule has 0 fully saturated rings. The lowest BCUT2D eigenvalue weighted by atomic mass is 10.0. The lowest BCUT2D eigenvalue weighted by Crippen LogP contribution is -2.33. The van der Waals surface area contributed by atoms with Crippen LogP contribution in [0.1, 0.15) is 121 Å². The minimum atomic E-state index is -5.91. The third kappa shape index (κ3) is 26.1. The predicted molar refractivity (Wildman–Crippen MR) is 273 cm³/mol. The molecule has 27 heteroatoms. The number of aryl methyl sites for hydroxylation is 1. The third-order valence-electron chi connectivity index (χ3n) is 10.9. The van der Waals surface area contributed by atoms with Crippen molar-refractivity contribution in [3.05, 3.63) is 98.8 Å². The highest BCUT2D eigenvalue weighted by Gasteiger charge is 2.45. The number of nitrogens with zero attached hydrogens (tertiary/aromatic N) is 1. The van der Waals surface area contributed by atoms with Crippen molar-refractivity contribution >= 4 is 41.4 Å². The lowest BCUT2D eigenvalue weighted by molar-refractivity contribution is -0.148. The van der Waals surface area contributed by atoms with Crippen LogP contribution in [0, 0.1) is 6.92 Å². The topological polar surface area (TPSA) is 308 Å². The van der Waals surface area contributed by atoms with Crippen molar-refractivity contribution in [2.45, 2.75) is 129 Å². The molecule has 0 radical (unpaired) electrons. The van der Waals surface area contributed by atoms with Crippen LogP contribution in [0.2, 0.25) is 0 Å². The fourth-order valence-electron chi connectivity index (χ4n) is 6.98. The van der Waals surface area contributed by atoms with Gasteiger partial charge in [-0.15, -0.1) is 0 Å². The van der Waals surface area contributed by atoms with Gasteiger partial charge in [0.2, 0.25) is 0 Å². The Kier molecular flexibility index (Phi) is 28.8. The summed E-state index contributed by atoms with van der Waals surface area (Å²) in [6.07, 6.45) is 15.2. The molecule has 424 valence electrons. The quantitative estimate of drug-likeness (QED) is 0.0157. The molecule has 5 atom stereocenters. The number of carbonyl (C=O) groups excluding carboxylic acids is 3. The zero-order chi connectivity index (χ0) is 55.2. The van der Waals surface area contributed by atoms with E-state index in [0.29, 0.717) is 26.2 Å². The second-order valence-electron chi connectivity index (χ2n) is 17.3. The molecule has 0 spiro atoms. The summed E-state index contributed by atoms with van der Waals surface area (Å²) in [5, 5.41) is 0. The van der Waals surface area contributed by atoms with Crippen LogP contribution >= 0.6 is 23.5 Å². The first kappa shape index (κ1) is 63.9. The summed E-state index contributed by atoms with van der Waals surface area (Å²) >= 11 is 0. The summed E-state index contributed by atoms with van der Waals surface area (Å²) in [6, 6.07) is 10.4. The standard InChI is InChI=1S/C49H71N2O22P3/c1-4-5-6-7-8-9-10-11-12-13-14-15-16-46(53)69-40-19-17-39(18-20-40)36-67-76(61,71-42-23-21-41(22-24-42)70-47(54)28-27-45(52)65-34-33-64-32-31-63-30-29-62-3)73-75(59,60)72-74(57,58)66-37-43-25-26-44(68-43)51-35-38(2)48(55)50-49(51)56/h17-26,35,43-44H,4-16,27-34,36-37H2,1-3H3,(H,57,58)(H,59,60)(H,50,55,56)/t43-,44+,76?/m0/s1. The number of phosphoric ester groups is 2. The first-order chi connectivity index (χ1) is 36.4. The molecule has 0 bridgehead atoms. The van der Waals surface area contributed by atoms with Crippen LogP contribution in [0.3, 0.4) is 0 Å². The number of aromatic amines is 1. The van der Waals surface area contributed by atoms with Crippen LogP contribution in [-0.2, 0) is 76.0 Å². The Morgan fingerprint density at radius 1 is 0.645 bits per heavy atom. The highest BCUT2D eigenvalue weighted by molar-refractivity contribution is 7.67. The summed E-state index contributed by atoms with van der Waals surface area (Å²) < 4.78 is 103. The van der Waals surface area contributed by atoms with Crippen molar-refractivity contribution in [3.8, 4) is 17.2 Å². The number of methoxy groups -OCH3 is 1. The molecule has 2 heterocycles. The molecule has 3 aromatic rings. The number of H-pyrrole nitrogens is 1. The molecule has 4 rings (SSSR count). The molecule has 1 aliphatic rings. The SMILES string of the molecule is CCCCCCCCCCCCCCC(=O)Oc1ccc(COP(=O)(Oc2ccc(OC(=O)CCC(=O)OCCOCCOCCOC)cc2)OP(=O)(O)OP(=O)(O)OC[C@@H]2C=C[C@H](n3cc(C)c(=O)[nH]c3=O)O2)cc1. The Bertz CT molecular complexity index is 2540. The normalized spacial score (nSPS) is 16.6. The van der Waals surface area contributed by atoms with E-state index in [9.17, 15) is 47.5 Å². The van der Waals surface area contributed by atoms with Crippen LogP contribution in [0.15, 0.2) is 76.5 Å². The second kappa shape index (κ2) is 34.3. The first-order valence-electron chi connectivity index (χ1n) is 25.1. The molecule has 1 aromatic heterocycles. The third-order valence-corrected chi connectivity index (χ3v) is 15.5. The van der Waals surface area contributed by atoms with Crippen LogP contribution in [0.25, 0.3) is 0 Å². The Hall–Kier alpha value is -4.64. The van der Waals surface area contributed by atoms with Gasteiger partial charge in [0.1, 0.15) is 30.0 Å². The van der Waals surface area contributed by atoms with E-state index in [-0.39, 0.29) is 67.5 Å². The van der Waals surface area contributed by atoms with E-state index >= 15 is 0 Å². The van der Waals surface area contributed by atoms with Gasteiger partial charge in [-0.3, -0.25) is 37.8 Å². The Balaban J connectivity index is 1.31. The number of esters is 3. The van der Waals surface area contributed by atoms with Crippen molar-refractivity contribution < 1.29 is 93.2 Å². The smallest absolute Gasteiger partial charge is 0.463 e. The van der Waals surface area contributed by atoms with Gasteiger partial charge in [-0.2, -0.15) is 8.62 Å². The predicted octanol–water partition coefficient (Wildman–Crippen LogP) is 8.86. The van der Waals surface area contributed by atoms with E-state index in [1.165, 1.54) is 113 Å². The Morgan fingerprint density at radius 3 is 1.80 bits per heavy atom. The van der Waals surface area contributed by atoms with Gasteiger partial charge < -0.3 is 47.5 Å². The van der Waals surface area contributed by atoms with Crippen molar-refractivity contribution in [3.63, 3.8) is 0 Å². The second-order valence-corrected chi connectivity index (χ2v) is 22.1. The minimum absolute atomic E-state index is 0.0425. The Morgan fingerprint density at radius 2 is 1.18 bits per heavy atom. The molecule has 0 saturated carbocycles. The number of unbranched alkanes of at least 4 members (excludes halogenated alkanes) is 11. The number of aromatic nitrogens is 2. The molecule has 24 nitrogen and oxygen atoms in total. The summed E-state index contributed by atoms with van der Waals surface area (Å²) in [5.41, 5.74) is -0.925. The Labute approximate surface area is 441 Å². The van der Waals surface area contributed by atoms with Gasteiger partial charge in [0.15, 0.2) is 6.23 Å². The number of rotatable bonds is 40. The van der Waals surface area contributed by atoms with E-state index in [1.54, 1.807) is 7.11 Å². The van der Waals surface area contributed by atoms with Gasteiger partial charge in [0.25, 0.3) is 5.56 Å². The summed E-state index contributed by atoms with van der Waals surface area (Å²) in [4.78, 5) is 84.4. The first-order valence-corrected chi connectivity index (χ1v) is 29.6. The molecular formula is C49H71N2O22P3. The van der Waals surface area contributed by atoms with E-state index in [1.807, 2.05) is 0 Å². The summed E-state index contributed by atoms with van der Waals surface area (Å²) in [5.74, 6) is -2.08. The molecule has 1 aliphatic heterocycles. The van der Waals surface area contributed by atoms with Gasteiger partial charge >= 0.3 is 47.1 Å². The molecular weight excluding hydrogens is 1060 g/mol. The maximum Gasteiger partial charge on any atom is 0.539 e. The average Bonchev–Trinajstić information content (AvgIpc) is 3.85. The molecule has 0 aliphatic carbocycles. The van der Waals surface area contributed by atoms with Gasteiger partial charge in [-0.25, -0.2) is 18.5 Å². The minimum Gasteiger partial charge on any atom is -0.463 e. The number of hydrogen-bond donors (Lipinski definition) is 3. The van der Waals surface area contributed by atoms with Crippen LogP contribution in [0.4, 0.5) is 0 Å². The zero-order valence-electron chi connectivity index (χ0n) is 43.1. The molecule has 3 N–H and O–H groups in total. The fraction of sp³-hybridized carbons (Fsp3) is 0.571. The highest BCUT2D eigenvalue weighted by Crippen LogP contribution is 2.69. The molecule has 0 amide bonds. The number of benzene rings is 2. The van der Waals surface area contributed by atoms with Crippen LogP contribution in [0.5, 0.6) is 17.2 Å². The van der Waals surface area contributed by atoms with Gasteiger partial charge in [0, 0.05) is 25.3 Å². The highest BCUT2D eigenvalue weighted by atomic mass is 31.3. The summed E-state index contributed by atoms with van der Waals surface area (Å²) in [7, 11) is -15.2. The largest absolute Gasteiger partial charge is 0.539 e. The molecule has 0 saturated heterocycles. The number of phosphoric acid groups is 3. The van der Waals surface area contributed by atoms with Gasteiger partial charge in [-0.1, -0.05) is 95.8 Å². The molecule has 2 aromatic carbocycles. The van der Waals surface area contributed by atoms with Crippen molar-refractivity contribution in [2.75, 3.05) is 53.4 Å². The van der Waals surface area contributed by atoms with Crippen molar-refractivity contribution in [1.29, 1.82) is 0 Å². The molecule has 76 heavy (non-hydrogen) atoms. The maximum absolute atomic E-state index is 14.1. The molecule has 3 unspecified atom stereocenters. The summed E-state index contributed by atoms with van der Waals surface area (Å²) in [6.45, 7) is 3.85. The monoisotopic (exact) mass is 1130 g/mol. The van der Waals surface area contributed by atoms with Crippen LogP contribution in [-0.4, -0.2) is 96.7 Å². The van der Waals surface area contributed by atoms with E-state index in [4.69, 9.17) is 51.0 Å². The zero-order valence-corrected chi connectivity index (χ0v) is 45.8. The fourth-order valence-corrected chi connectivity index (χ4v) is 11.0. The average molecular weight is 1130 g/mol. The van der Waals surface area contributed by atoms with E-state index in [2.05, 4.69) is 16.2 Å². The van der Waals surface area contributed by atoms with E-state index < -0.39 is 78.2 Å². The maximum atomic E-state index is 14.1. The number of ether oxygens (including phenoxy) is 7. The van der Waals surface area contributed by atoms with Crippen molar-refractivity contribution in [2.24, 2.45) is 0 Å². The number of carbonyl (C=O) groups is 3. The van der Waals surface area contributed by atoms with Crippen LogP contribution < -0.4 is 25.2 Å². The number of hydrogen-bond acceptors (Lipinski definition) is 20. The van der Waals surface area contributed by atoms with Gasteiger partial charge in [0.05, 0.1) is 59.1 Å². The van der Waals surface area contributed by atoms with Crippen molar-refractivity contribution in [1.82, 2.24) is 9.55 Å².